The molecular weight excluding hydrogens is 201 g/mol. The Hall–Kier alpha value is -1.02. The fourth-order valence-corrected chi connectivity index (χ4v) is 1.82. The van der Waals surface area contributed by atoms with Crippen LogP contribution in [0.25, 0.3) is 6.20 Å². The van der Waals surface area contributed by atoms with Crippen molar-refractivity contribution >= 4 is 29.7 Å². The van der Waals surface area contributed by atoms with Gasteiger partial charge in [0.2, 0.25) is 0 Å². The predicted molar refractivity (Wildman–Crippen MR) is 61.9 cm³/mol. The number of hydrogen-bond donors (Lipinski definition) is 2. The maximum absolute atomic E-state index is 11.5. The molecule has 0 aromatic carbocycles. The van der Waals surface area contributed by atoms with Crippen LogP contribution in [0.4, 0.5) is 5.82 Å². The second-order valence-electron chi connectivity index (χ2n) is 4.17. The first kappa shape index (κ1) is 11.5. The molecule has 5 nitrogen and oxygen atoms in total. The first-order chi connectivity index (χ1) is 7.61. The van der Waals surface area contributed by atoms with Gasteiger partial charge in [-0.3, -0.25) is 0 Å². The second kappa shape index (κ2) is 4.09. The van der Waals surface area contributed by atoms with E-state index in [4.69, 9.17) is 5.73 Å². The minimum atomic E-state index is -0.387. The molecule has 1 fully saturated rings. The third-order valence-corrected chi connectivity index (χ3v) is 3.21. The summed E-state index contributed by atoms with van der Waals surface area (Å²) in [6, 6.07) is 1.58. The third-order valence-electron chi connectivity index (χ3n) is 3.21. The predicted octanol–water partition coefficient (Wildman–Crippen LogP) is -0.364. The maximum atomic E-state index is 11.5. The van der Waals surface area contributed by atoms with E-state index >= 15 is 0 Å². The molecule has 0 bridgehead atoms. The number of aliphatic hydroxyl groups is 1. The van der Waals surface area contributed by atoms with E-state index in [1.807, 2.05) is 17.7 Å². The number of hydrogen-bond acceptors (Lipinski definition) is 4. The van der Waals surface area contributed by atoms with Gasteiger partial charge in [0.05, 0.1) is 0 Å². The third kappa shape index (κ3) is 1.94. The molecule has 0 saturated heterocycles. The second-order valence-corrected chi connectivity index (χ2v) is 4.17. The van der Waals surface area contributed by atoms with Crippen LogP contribution in [-0.2, 0) is 0 Å². The van der Waals surface area contributed by atoms with Crippen LogP contribution in [0, 0.1) is 5.41 Å². The quantitative estimate of drug-likeness (QED) is 0.671. The molecule has 1 aliphatic carbocycles. The first-order valence-electron chi connectivity index (χ1n) is 5.28. The summed E-state index contributed by atoms with van der Waals surface area (Å²) in [5.74, 6) is 0.222. The van der Waals surface area contributed by atoms with Gasteiger partial charge in [-0.05, 0) is 0 Å². The molecule has 6 heteroatoms. The standard InChI is InChI=1S/C10H12N3O2.Li/c1-10(6-14)4-7(10)5-13-3-2-8(11)12-9(13)15;/h2-3,5,14H,1,4,6H2,(H2,11,12,15);. The SMILES string of the molecule is [Li][CH2]C1(CO)CC1=Cn1ccc(N)nc1=O. The summed E-state index contributed by atoms with van der Waals surface area (Å²) in [6.07, 6.45) is 4.18. The number of anilines is 1. The van der Waals surface area contributed by atoms with Crippen LogP contribution in [-0.4, -0.2) is 39.0 Å². The number of aliphatic hydroxyl groups excluding tert-OH is 1. The van der Waals surface area contributed by atoms with Crippen molar-refractivity contribution in [2.45, 2.75) is 11.5 Å². The van der Waals surface area contributed by atoms with Gasteiger partial charge in [-0.25, -0.2) is 0 Å². The summed E-state index contributed by atoms with van der Waals surface area (Å²) in [7, 11) is 0. The van der Waals surface area contributed by atoms with Crippen LogP contribution in [0.15, 0.2) is 22.6 Å². The summed E-state index contributed by atoms with van der Waals surface area (Å²) in [5.41, 5.74) is 5.99. The molecule has 80 valence electrons. The molecule has 1 saturated carbocycles. The number of nitrogen functional groups attached to an aromatic ring is 1. The van der Waals surface area contributed by atoms with Crippen molar-refractivity contribution < 1.29 is 5.11 Å². The number of nitrogens with zero attached hydrogens (tertiary/aromatic N) is 2. The van der Waals surface area contributed by atoms with Crippen molar-refractivity contribution in [1.29, 1.82) is 0 Å². The van der Waals surface area contributed by atoms with E-state index in [1.54, 1.807) is 18.5 Å². The minimum absolute atomic E-state index is 0.110. The van der Waals surface area contributed by atoms with Crippen molar-refractivity contribution in [2.75, 3.05) is 12.3 Å². The van der Waals surface area contributed by atoms with Gasteiger partial charge in [-0.1, -0.05) is 0 Å². The summed E-state index contributed by atoms with van der Waals surface area (Å²) in [4.78, 5) is 15.1. The number of nitrogens with two attached hydrogens (primary N) is 1. The van der Waals surface area contributed by atoms with E-state index in [2.05, 4.69) is 4.98 Å². The fraction of sp³-hybridized carbons (Fsp3) is 0.400. The Morgan fingerprint density at radius 3 is 3.00 bits per heavy atom. The monoisotopic (exact) mass is 213 g/mol. The topological polar surface area (TPSA) is 81.1 Å². The zero-order valence-corrected chi connectivity index (χ0v) is 9.18. The molecule has 0 aliphatic heterocycles. The van der Waals surface area contributed by atoms with Crippen LogP contribution < -0.4 is 11.4 Å². The van der Waals surface area contributed by atoms with Gasteiger partial charge in [0, 0.05) is 0 Å². The Morgan fingerprint density at radius 1 is 1.75 bits per heavy atom. The Balaban J connectivity index is 2.29. The molecule has 1 unspecified atom stereocenters. The Bertz CT molecular complexity index is 491. The molecule has 1 aliphatic rings. The van der Waals surface area contributed by atoms with Gasteiger partial charge in [0.1, 0.15) is 0 Å². The average molecular weight is 213 g/mol. The molecular formula is C10H12LiN3O2. The van der Waals surface area contributed by atoms with Crippen LogP contribution in [0.2, 0.25) is 5.09 Å². The summed E-state index contributed by atoms with van der Waals surface area (Å²) < 4.78 is 1.40. The first-order valence-corrected chi connectivity index (χ1v) is 5.28. The van der Waals surface area contributed by atoms with Gasteiger partial charge in [-0.2, -0.15) is 0 Å². The normalized spacial score (nSPS) is 26.1. The van der Waals surface area contributed by atoms with E-state index in [9.17, 15) is 9.90 Å². The molecule has 0 amide bonds. The molecule has 0 radical (unpaired) electrons. The summed E-state index contributed by atoms with van der Waals surface area (Å²) in [6.45, 7) is 0.131. The van der Waals surface area contributed by atoms with Gasteiger partial charge >= 0.3 is 102 Å². The molecule has 3 N–H and O–H groups in total. The van der Waals surface area contributed by atoms with Crippen LogP contribution >= 0.6 is 0 Å². The van der Waals surface area contributed by atoms with Crippen molar-refractivity contribution in [2.24, 2.45) is 5.41 Å². The fourth-order valence-electron chi connectivity index (χ4n) is 1.82. The summed E-state index contributed by atoms with van der Waals surface area (Å²) in [5, 5.41) is 10.1. The number of rotatable bonds is 3. The van der Waals surface area contributed by atoms with Crippen LogP contribution in [0.1, 0.15) is 6.42 Å². The van der Waals surface area contributed by atoms with Crippen LogP contribution in [0.3, 0.4) is 0 Å². The van der Waals surface area contributed by atoms with Crippen LogP contribution in [0.5, 0.6) is 0 Å². The zero-order valence-electron chi connectivity index (χ0n) is 9.18. The molecule has 0 spiro atoms. The molecule has 1 aromatic rings. The molecule has 1 atom stereocenters. The number of aromatic nitrogens is 2. The molecule has 2 rings (SSSR count). The van der Waals surface area contributed by atoms with Gasteiger partial charge < -0.3 is 0 Å². The van der Waals surface area contributed by atoms with Gasteiger partial charge in [0.25, 0.3) is 0 Å². The molecule has 16 heavy (non-hydrogen) atoms. The van der Waals surface area contributed by atoms with E-state index in [0.29, 0.717) is 0 Å². The van der Waals surface area contributed by atoms with Crippen molar-refractivity contribution in [3.63, 3.8) is 0 Å². The Morgan fingerprint density at radius 2 is 2.50 bits per heavy atom. The van der Waals surface area contributed by atoms with Crippen molar-refractivity contribution in [3.8, 4) is 0 Å². The van der Waals surface area contributed by atoms with Gasteiger partial charge in [-0.15, -0.1) is 0 Å². The van der Waals surface area contributed by atoms with E-state index in [0.717, 1.165) is 17.1 Å². The van der Waals surface area contributed by atoms with E-state index in [1.165, 1.54) is 4.57 Å². The van der Waals surface area contributed by atoms with E-state index in [-0.39, 0.29) is 23.5 Å². The Kier molecular flexibility index (Phi) is 2.93. The zero-order chi connectivity index (χ0) is 11.8. The van der Waals surface area contributed by atoms with E-state index < -0.39 is 0 Å². The Labute approximate surface area is 102 Å². The summed E-state index contributed by atoms with van der Waals surface area (Å²) >= 11 is 2.03. The average Bonchev–Trinajstić information content (AvgIpc) is 2.97. The van der Waals surface area contributed by atoms with Gasteiger partial charge in [0.15, 0.2) is 0 Å². The molecule has 1 heterocycles. The molecule has 1 aromatic heterocycles. The van der Waals surface area contributed by atoms with Crippen molar-refractivity contribution in [1.82, 2.24) is 9.55 Å². The van der Waals surface area contributed by atoms with Crippen molar-refractivity contribution in [3.05, 3.63) is 28.3 Å².